The number of ether oxygens (including phenoxy) is 1. The van der Waals surface area contributed by atoms with Crippen molar-refractivity contribution in [2.24, 2.45) is 0 Å². The van der Waals surface area contributed by atoms with Crippen LogP contribution in [0.3, 0.4) is 0 Å². The second-order valence-electron chi connectivity index (χ2n) is 9.36. The minimum absolute atomic E-state index is 0.648. The van der Waals surface area contributed by atoms with Gasteiger partial charge in [0.15, 0.2) is 11.5 Å². The number of para-hydroxylation sites is 1. The Morgan fingerprint density at radius 3 is 2.76 bits per heavy atom. The Morgan fingerprint density at radius 1 is 0.974 bits per heavy atom. The molecule has 1 aliphatic rings. The molecule has 0 amide bonds. The summed E-state index contributed by atoms with van der Waals surface area (Å²) < 4.78 is 6.75. The molecular weight excluding hydrogens is 518 g/mol. The van der Waals surface area contributed by atoms with Crippen LogP contribution in [0.5, 0.6) is 5.75 Å². The van der Waals surface area contributed by atoms with E-state index in [2.05, 4.69) is 31.1 Å². The predicted octanol–water partition coefficient (Wildman–Crippen LogP) is 6.42. The van der Waals surface area contributed by atoms with Crippen LogP contribution in [0.15, 0.2) is 60.9 Å². The molecule has 2 N–H and O–H groups in total. The van der Waals surface area contributed by atoms with Crippen molar-refractivity contribution in [2.75, 3.05) is 26.2 Å². The highest BCUT2D eigenvalue weighted by molar-refractivity contribution is 7.19. The maximum absolute atomic E-state index is 6.19. The normalized spacial score (nSPS) is 14.1. The van der Waals surface area contributed by atoms with Crippen LogP contribution in [-0.4, -0.2) is 61.3 Å². The lowest BCUT2D eigenvalue weighted by molar-refractivity contribution is 0.237. The van der Waals surface area contributed by atoms with Crippen molar-refractivity contribution in [1.29, 1.82) is 0 Å². The van der Waals surface area contributed by atoms with Gasteiger partial charge in [0.05, 0.1) is 32.8 Å². The topological polar surface area (TPSA) is 95.6 Å². The smallest absolute Gasteiger partial charge is 0.161 e. The zero-order valence-corrected chi connectivity index (χ0v) is 22.0. The van der Waals surface area contributed by atoms with Crippen LogP contribution in [0.1, 0.15) is 12.8 Å². The molecule has 1 aromatic carbocycles. The average molecular weight is 542 g/mol. The van der Waals surface area contributed by atoms with Crippen molar-refractivity contribution < 1.29 is 4.74 Å². The number of rotatable bonds is 7. The lowest BCUT2D eigenvalue weighted by Crippen LogP contribution is -2.25. The number of halogens is 1. The highest BCUT2D eigenvalue weighted by atomic mass is 35.5. The number of nitrogens with zero attached hydrogens (tertiary/aromatic N) is 5. The lowest BCUT2D eigenvalue weighted by Gasteiger charge is -2.15. The molecule has 5 aromatic heterocycles. The Labute approximate surface area is 227 Å². The molecule has 10 heteroatoms. The number of nitrogens with one attached hydrogen (secondary N) is 2. The number of H-pyrrole nitrogens is 2. The molecule has 0 saturated carbocycles. The number of hydrogen-bond donors (Lipinski definition) is 2. The Balaban J connectivity index is 1.20. The van der Waals surface area contributed by atoms with Gasteiger partial charge in [-0.1, -0.05) is 23.7 Å². The van der Waals surface area contributed by atoms with Gasteiger partial charge in [-0.25, -0.2) is 9.97 Å². The third-order valence-electron chi connectivity index (χ3n) is 6.87. The second kappa shape index (κ2) is 9.83. The van der Waals surface area contributed by atoms with E-state index in [-0.39, 0.29) is 0 Å². The van der Waals surface area contributed by atoms with E-state index in [1.165, 1.54) is 24.2 Å². The van der Waals surface area contributed by atoms with Crippen LogP contribution in [0, 0.1) is 0 Å². The maximum atomic E-state index is 6.19. The largest absolute Gasteiger partial charge is 0.491 e. The second-order valence-corrected chi connectivity index (χ2v) is 11.1. The molecule has 190 valence electrons. The van der Waals surface area contributed by atoms with E-state index in [0.717, 1.165) is 73.5 Å². The number of thiophene rings is 1. The van der Waals surface area contributed by atoms with Gasteiger partial charge in [-0.3, -0.25) is 15.0 Å². The van der Waals surface area contributed by atoms with Gasteiger partial charge < -0.3 is 9.72 Å². The fourth-order valence-electron chi connectivity index (χ4n) is 4.96. The summed E-state index contributed by atoms with van der Waals surface area (Å²) in [5, 5.41) is 7.65. The Morgan fingerprint density at radius 2 is 1.89 bits per heavy atom. The van der Waals surface area contributed by atoms with Crippen molar-refractivity contribution in [3.05, 3.63) is 65.3 Å². The van der Waals surface area contributed by atoms with Crippen LogP contribution in [0.25, 0.3) is 55.3 Å². The summed E-state index contributed by atoms with van der Waals surface area (Å²) in [5.74, 6) is 1.40. The summed E-state index contributed by atoms with van der Waals surface area (Å²) in [4.78, 5) is 21.2. The molecule has 6 heterocycles. The number of imidazole rings is 1. The summed E-state index contributed by atoms with van der Waals surface area (Å²) in [5.41, 5.74) is 6.75. The van der Waals surface area contributed by atoms with E-state index in [0.29, 0.717) is 18.1 Å². The van der Waals surface area contributed by atoms with E-state index in [4.69, 9.17) is 26.3 Å². The molecule has 0 unspecified atom stereocenters. The molecule has 1 saturated heterocycles. The first-order chi connectivity index (χ1) is 18.7. The molecule has 8 nitrogen and oxygen atoms in total. The highest BCUT2D eigenvalue weighted by Gasteiger charge is 2.18. The monoisotopic (exact) mass is 541 g/mol. The van der Waals surface area contributed by atoms with Gasteiger partial charge >= 0.3 is 0 Å². The molecule has 1 aliphatic heterocycles. The van der Waals surface area contributed by atoms with Crippen molar-refractivity contribution in [2.45, 2.75) is 12.8 Å². The highest BCUT2D eigenvalue weighted by Crippen LogP contribution is 2.36. The van der Waals surface area contributed by atoms with Gasteiger partial charge in [0.25, 0.3) is 0 Å². The van der Waals surface area contributed by atoms with E-state index < -0.39 is 0 Å². The maximum Gasteiger partial charge on any atom is 0.161 e. The standard InChI is InChI=1S/C28H24ClN7OS/c29-24-9-8-23(38-24)19-4-3-5-21-25(19)33-28(32-21)27-26-22(34-35-27)7-6-20(31-26)17-14-18(16-30-15-17)37-13-12-36-10-1-2-11-36/h3-9,14-16H,1-2,10-13H2,(H,32,33)(H,34,35). The van der Waals surface area contributed by atoms with Crippen LogP contribution in [-0.2, 0) is 0 Å². The van der Waals surface area contributed by atoms with Crippen molar-refractivity contribution in [3.8, 4) is 39.0 Å². The van der Waals surface area contributed by atoms with Crippen LogP contribution in [0.4, 0.5) is 0 Å². The van der Waals surface area contributed by atoms with Gasteiger partial charge in [0.2, 0.25) is 0 Å². The fourth-order valence-corrected chi connectivity index (χ4v) is 6.03. The van der Waals surface area contributed by atoms with Gasteiger partial charge in [-0.2, -0.15) is 5.10 Å². The van der Waals surface area contributed by atoms with E-state index in [9.17, 15) is 0 Å². The molecule has 0 spiro atoms. The number of benzene rings is 1. The summed E-state index contributed by atoms with van der Waals surface area (Å²) in [6.45, 7) is 3.90. The molecule has 7 rings (SSSR count). The first kappa shape index (κ1) is 23.3. The Kier molecular flexibility index (Phi) is 6.04. The summed E-state index contributed by atoms with van der Waals surface area (Å²) in [6.07, 6.45) is 6.11. The Bertz CT molecular complexity index is 1750. The molecule has 0 radical (unpaired) electrons. The fraction of sp³-hybridized carbons (Fsp3) is 0.214. The molecule has 0 aliphatic carbocycles. The van der Waals surface area contributed by atoms with Crippen LogP contribution >= 0.6 is 22.9 Å². The third-order valence-corrected chi connectivity index (χ3v) is 8.13. The minimum atomic E-state index is 0.648. The first-order valence-electron chi connectivity index (χ1n) is 12.6. The van der Waals surface area contributed by atoms with Crippen molar-refractivity contribution >= 4 is 45.0 Å². The first-order valence-corrected chi connectivity index (χ1v) is 13.8. The molecule has 1 fully saturated rings. The Hall–Kier alpha value is -3.79. The van der Waals surface area contributed by atoms with Gasteiger partial charge in [-0.15, -0.1) is 11.3 Å². The molecular formula is C28H24ClN7OS. The summed E-state index contributed by atoms with van der Waals surface area (Å²) >= 11 is 7.73. The number of aromatic amines is 2. The van der Waals surface area contributed by atoms with E-state index in [1.807, 2.05) is 42.5 Å². The van der Waals surface area contributed by atoms with Crippen LogP contribution in [0.2, 0.25) is 4.34 Å². The van der Waals surface area contributed by atoms with E-state index >= 15 is 0 Å². The number of fused-ring (bicyclic) bond motifs is 2. The quantitative estimate of drug-likeness (QED) is 0.242. The van der Waals surface area contributed by atoms with Gasteiger partial charge in [0, 0.05) is 28.7 Å². The molecule has 6 aromatic rings. The van der Waals surface area contributed by atoms with Crippen LogP contribution < -0.4 is 4.74 Å². The number of aromatic nitrogens is 6. The SMILES string of the molecule is Clc1ccc(-c2cccc3[nH]c(-c4n[nH]c5ccc(-c6cncc(OCCN7CCCC7)c6)nc45)nc23)s1. The summed E-state index contributed by atoms with van der Waals surface area (Å²) in [7, 11) is 0. The zero-order chi connectivity index (χ0) is 25.5. The third kappa shape index (κ3) is 4.42. The minimum Gasteiger partial charge on any atom is -0.491 e. The average Bonchev–Trinajstić information content (AvgIpc) is 3.74. The zero-order valence-electron chi connectivity index (χ0n) is 20.4. The van der Waals surface area contributed by atoms with Gasteiger partial charge in [0.1, 0.15) is 17.9 Å². The van der Waals surface area contributed by atoms with E-state index in [1.54, 1.807) is 12.4 Å². The number of hydrogen-bond acceptors (Lipinski definition) is 7. The van der Waals surface area contributed by atoms with Gasteiger partial charge in [-0.05, 0) is 62.3 Å². The van der Waals surface area contributed by atoms with Crippen molar-refractivity contribution in [1.82, 2.24) is 35.0 Å². The number of pyridine rings is 2. The molecule has 38 heavy (non-hydrogen) atoms. The predicted molar refractivity (Wildman–Crippen MR) is 152 cm³/mol. The summed E-state index contributed by atoms with van der Waals surface area (Å²) in [6, 6.07) is 15.9. The lowest BCUT2D eigenvalue weighted by atomic mass is 10.1. The molecule has 0 bridgehead atoms. The molecule has 0 atom stereocenters. The number of likely N-dealkylation sites (tertiary alicyclic amines) is 1. The van der Waals surface area contributed by atoms with Crippen molar-refractivity contribution in [3.63, 3.8) is 0 Å².